The molecule has 27 heavy (non-hydrogen) atoms. The molecule has 0 atom stereocenters. The second-order valence-corrected chi connectivity index (χ2v) is 9.38. The Labute approximate surface area is 185 Å². The van der Waals surface area contributed by atoms with Gasteiger partial charge in [-0.2, -0.15) is 11.8 Å². The van der Waals surface area contributed by atoms with Crippen LogP contribution in [0.3, 0.4) is 0 Å². The molecule has 1 saturated heterocycles. The molecule has 2 heterocycles. The van der Waals surface area contributed by atoms with Crippen LogP contribution in [0.5, 0.6) is 0 Å². The van der Waals surface area contributed by atoms with Crippen LogP contribution >= 0.6 is 35.7 Å². The van der Waals surface area contributed by atoms with E-state index < -0.39 is 0 Å². The molecule has 2 rings (SSSR count). The highest BCUT2D eigenvalue weighted by Crippen LogP contribution is 2.34. The number of nitrogens with one attached hydrogen (secondary N) is 2. The summed E-state index contributed by atoms with van der Waals surface area (Å²) >= 11 is 2.02. The second-order valence-electron chi connectivity index (χ2n) is 7.65. The van der Waals surface area contributed by atoms with Crippen molar-refractivity contribution in [3.63, 3.8) is 0 Å². The van der Waals surface area contributed by atoms with Gasteiger partial charge in [0.25, 0.3) is 0 Å². The zero-order valence-corrected chi connectivity index (χ0v) is 20.4. The molecule has 1 aliphatic rings. The molecule has 156 valence electrons. The van der Waals surface area contributed by atoms with E-state index in [0.717, 1.165) is 56.6 Å². The number of guanidine groups is 1. The number of rotatable bonds is 7. The number of halogens is 1. The maximum absolute atomic E-state index is 5.84. The molecule has 0 radical (unpaired) electrons. The van der Waals surface area contributed by atoms with Gasteiger partial charge in [-0.1, -0.05) is 27.7 Å². The van der Waals surface area contributed by atoms with Gasteiger partial charge in [0.05, 0.1) is 6.20 Å². The van der Waals surface area contributed by atoms with Gasteiger partial charge in [0.15, 0.2) is 5.96 Å². The predicted molar refractivity (Wildman–Crippen MR) is 124 cm³/mol. The number of aromatic nitrogens is 1. The monoisotopic (exact) mass is 510 g/mol. The Kier molecular flexibility index (Phi) is 10.5. The molecule has 1 fully saturated rings. The van der Waals surface area contributed by atoms with E-state index in [1.165, 1.54) is 0 Å². The maximum Gasteiger partial charge on any atom is 0.216 e. The second kappa shape index (κ2) is 11.5. The molecule has 0 spiro atoms. The number of aliphatic imine (C=N–C) groups is 1. The molecule has 1 aromatic heterocycles. The van der Waals surface area contributed by atoms with E-state index in [1.807, 2.05) is 11.8 Å². The molecule has 6 nitrogen and oxygen atoms in total. The van der Waals surface area contributed by atoms with E-state index in [4.69, 9.17) is 9.15 Å². The van der Waals surface area contributed by atoms with Crippen molar-refractivity contribution in [3.05, 3.63) is 17.8 Å². The Morgan fingerprint density at radius 2 is 1.96 bits per heavy atom. The van der Waals surface area contributed by atoms with E-state index in [2.05, 4.69) is 55.2 Å². The third-order valence-corrected chi connectivity index (χ3v) is 5.90. The number of ether oxygens (including phenoxy) is 1. The Balaban J connectivity index is 0.00000364. The minimum atomic E-state index is -0.0372. The predicted octanol–water partition coefficient (Wildman–Crippen LogP) is 3.95. The number of hydrogen-bond donors (Lipinski definition) is 2. The molecule has 0 amide bonds. The molecule has 0 saturated carbocycles. The van der Waals surface area contributed by atoms with Crippen molar-refractivity contribution in [1.29, 1.82) is 0 Å². The van der Waals surface area contributed by atoms with E-state index in [0.29, 0.717) is 12.4 Å². The highest BCUT2D eigenvalue weighted by Gasteiger charge is 2.32. The lowest BCUT2D eigenvalue weighted by Gasteiger charge is -2.37. The van der Waals surface area contributed by atoms with Gasteiger partial charge in [-0.25, -0.2) is 9.98 Å². The van der Waals surface area contributed by atoms with Crippen LogP contribution in [0.15, 0.2) is 15.6 Å². The van der Waals surface area contributed by atoms with E-state index in [-0.39, 0.29) is 34.1 Å². The summed E-state index contributed by atoms with van der Waals surface area (Å²) in [7, 11) is 0. The topological polar surface area (TPSA) is 71.7 Å². The first kappa shape index (κ1) is 24.6. The number of oxazole rings is 1. The van der Waals surface area contributed by atoms with Crippen molar-refractivity contribution in [3.8, 4) is 0 Å². The van der Waals surface area contributed by atoms with Gasteiger partial charge >= 0.3 is 0 Å². The first-order valence-electron chi connectivity index (χ1n) is 9.57. The van der Waals surface area contributed by atoms with E-state index in [9.17, 15) is 0 Å². The van der Waals surface area contributed by atoms with Crippen LogP contribution in [-0.4, -0.2) is 47.7 Å². The normalized spacial score (nSPS) is 17.3. The first-order chi connectivity index (χ1) is 12.4. The fourth-order valence-electron chi connectivity index (χ4n) is 2.89. The average Bonchev–Trinajstić information content (AvgIpc) is 3.08. The molecule has 0 bridgehead atoms. The Hall–Kier alpha value is -0.480. The van der Waals surface area contributed by atoms with Crippen LogP contribution in [-0.2, 0) is 16.7 Å². The Morgan fingerprint density at radius 1 is 1.26 bits per heavy atom. The quantitative estimate of drug-likeness (QED) is 0.329. The fourth-order valence-corrected chi connectivity index (χ4v) is 4.13. The lowest BCUT2D eigenvalue weighted by atomic mass is 9.94. The van der Waals surface area contributed by atoms with E-state index in [1.54, 1.807) is 6.20 Å². The molecular weight excluding hydrogens is 475 g/mol. The molecule has 0 aromatic carbocycles. The fraction of sp³-hybridized carbons (Fsp3) is 0.789. The molecule has 1 aliphatic heterocycles. The smallest absolute Gasteiger partial charge is 0.216 e. The minimum absolute atomic E-state index is 0. The van der Waals surface area contributed by atoms with Crippen molar-refractivity contribution < 1.29 is 9.15 Å². The highest BCUT2D eigenvalue weighted by atomic mass is 127. The highest BCUT2D eigenvalue weighted by molar-refractivity contribution is 14.0. The summed E-state index contributed by atoms with van der Waals surface area (Å²) in [5, 5.41) is 6.83. The minimum Gasteiger partial charge on any atom is -0.443 e. The summed E-state index contributed by atoms with van der Waals surface area (Å²) in [6.45, 7) is 14.5. The van der Waals surface area contributed by atoms with Crippen LogP contribution in [0.1, 0.15) is 59.1 Å². The van der Waals surface area contributed by atoms with Crippen LogP contribution in [0, 0.1) is 0 Å². The molecule has 8 heteroatoms. The SMILES string of the molecule is CCNC(=NCc1ncc(C(C)(C)C)o1)NCC1(SCC)CCOCC1.I. The summed E-state index contributed by atoms with van der Waals surface area (Å²) in [6.07, 6.45) is 3.96. The molecule has 2 N–H and O–H groups in total. The van der Waals surface area contributed by atoms with Gasteiger partial charge in [0.2, 0.25) is 5.89 Å². The van der Waals surface area contributed by atoms with Crippen molar-refractivity contribution in [2.75, 3.05) is 32.1 Å². The molecule has 1 aromatic rings. The zero-order chi connectivity index (χ0) is 19.0. The lowest BCUT2D eigenvalue weighted by molar-refractivity contribution is 0.0782. The number of thioether (sulfide) groups is 1. The van der Waals surface area contributed by atoms with Crippen LogP contribution in [0.4, 0.5) is 0 Å². The molecular formula is C19H35IN4O2S. The van der Waals surface area contributed by atoms with Crippen molar-refractivity contribution in [1.82, 2.24) is 15.6 Å². The van der Waals surface area contributed by atoms with Gasteiger partial charge in [0.1, 0.15) is 12.3 Å². The summed E-state index contributed by atoms with van der Waals surface area (Å²) in [5.41, 5.74) is -0.0372. The maximum atomic E-state index is 5.84. The van der Waals surface area contributed by atoms with Gasteiger partial charge in [-0.15, -0.1) is 24.0 Å². The largest absolute Gasteiger partial charge is 0.443 e. The van der Waals surface area contributed by atoms with Crippen molar-refractivity contribution in [2.45, 2.75) is 64.2 Å². The summed E-state index contributed by atoms with van der Waals surface area (Å²) in [5.74, 6) is 3.46. The summed E-state index contributed by atoms with van der Waals surface area (Å²) in [4.78, 5) is 9.01. The summed E-state index contributed by atoms with van der Waals surface area (Å²) < 4.78 is 11.6. The zero-order valence-electron chi connectivity index (χ0n) is 17.3. The van der Waals surface area contributed by atoms with Gasteiger partial charge in [0, 0.05) is 36.5 Å². The molecule has 0 aliphatic carbocycles. The third kappa shape index (κ3) is 7.81. The Bertz CT molecular complexity index is 575. The van der Waals surface area contributed by atoms with Gasteiger partial charge in [-0.05, 0) is 25.5 Å². The van der Waals surface area contributed by atoms with Crippen molar-refractivity contribution >= 4 is 41.7 Å². The standard InChI is InChI=1S/C19H34N4O2S.HI/c1-6-20-17(22-13-16-21-12-15(25-16)18(3,4)5)23-14-19(26-7-2)8-10-24-11-9-19;/h12H,6-11,13-14H2,1-5H3,(H2,20,22,23);1H. The Morgan fingerprint density at radius 3 is 2.52 bits per heavy atom. The van der Waals surface area contributed by atoms with Gasteiger partial charge in [-0.3, -0.25) is 0 Å². The lowest BCUT2D eigenvalue weighted by Crippen LogP contribution is -2.48. The average molecular weight is 510 g/mol. The number of hydrogen-bond acceptors (Lipinski definition) is 5. The van der Waals surface area contributed by atoms with E-state index >= 15 is 0 Å². The third-order valence-electron chi connectivity index (χ3n) is 4.44. The van der Waals surface area contributed by atoms with Gasteiger partial charge < -0.3 is 19.8 Å². The summed E-state index contributed by atoms with van der Waals surface area (Å²) in [6, 6.07) is 0. The van der Waals surface area contributed by atoms with Crippen molar-refractivity contribution in [2.24, 2.45) is 4.99 Å². The van der Waals surface area contributed by atoms with Crippen LogP contribution < -0.4 is 10.6 Å². The van der Waals surface area contributed by atoms with Crippen LogP contribution in [0.2, 0.25) is 0 Å². The van der Waals surface area contributed by atoms with Crippen LogP contribution in [0.25, 0.3) is 0 Å². The molecule has 0 unspecified atom stereocenters. The number of nitrogens with zero attached hydrogens (tertiary/aromatic N) is 2. The first-order valence-corrected chi connectivity index (χ1v) is 10.6.